The van der Waals surface area contributed by atoms with E-state index in [1.54, 1.807) is 42.5 Å². The monoisotopic (exact) mass is 314 g/mol. The highest BCUT2D eigenvalue weighted by Gasteiger charge is 2.14. The van der Waals surface area contributed by atoms with Crippen molar-refractivity contribution in [2.75, 3.05) is 6.61 Å². The summed E-state index contributed by atoms with van der Waals surface area (Å²) in [5, 5.41) is 9.49. The Morgan fingerprint density at radius 1 is 0.913 bits per heavy atom. The summed E-state index contributed by atoms with van der Waals surface area (Å²) >= 11 is 0. The number of carbonyl (C=O) groups excluding carboxylic acids is 3. The van der Waals surface area contributed by atoms with Crippen LogP contribution in [0.15, 0.2) is 54.6 Å². The lowest BCUT2D eigenvalue weighted by molar-refractivity contribution is -0.125. The van der Waals surface area contributed by atoms with Gasteiger partial charge >= 0.3 is 5.97 Å². The number of para-hydroxylation sites is 1. The molecule has 0 atom stereocenters. The van der Waals surface area contributed by atoms with Crippen LogP contribution in [0.5, 0.6) is 5.75 Å². The molecule has 118 valence electrons. The second-order valence-corrected chi connectivity index (χ2v) is 4.46. The fourth-order valence-electron chi connectivity index (χ4n) is 1.68. The summed E-state index contributed by atoms with van der Waals surface area (Å²) < 4.78 is 4.75. The number of phenols is 1. The zero-order valence-electron chi connectivity index (χ0n) is 12.0. The van der Waals surface area contributed by atoms with E-state index in [2.05, 4.69) is 10.9 Å². The summed E-state index contributed by atoms with van der Waals surface area (Å²) in [5.74, 6) is -2.29. The lowest BCUT2D eigenvalue weighted by Crippen LogP contribution is -2.43. The van der Waals surface area contributed by atoms with Gasteiger partial charge in [-0.3, -0.25) is 20.4 Å². The van der Waals surface area contributed by atoms with Crippen molar-refractivity contribution < 1.29 is 24.2 Å². The van der Waals surface area contributed by atoms with E-state index in [4.69, 9.17) is 4.74 Å². The number of aromatic hydroxyl groups is 1. The molecule has 3 N–H and O–H groups in total. The number of phenolic OH excluding ortho intramolecular Hbond substituents is 1. The van der Waals surface area contributed by atoms with Gasteiger partial charge in [-0.2, -0.15) is 0 Å². The molecule has 0 aliphatic carbocycles. The Kier molecular flexibility index (Phi) is 5.30. The maximum absolute atomic E-state index is 11.7. The lowest BCUT2D eigenvalue weighted by Gasteiger charge is -2.08. The van der Waals surface area contributed by atoms with Gasteiger partial charge in [-0.15, -0.1) is 0 Å². The summed E-state index contributed by atoms with van der Waals surface area (Å²) in [7, 11) is 0. The number of hydrazine groups is 1. The first-order chi connectivity index (χ1) is 11.1. The van der Waals surface area contributed by atoms with Gasteiger partial charge in [-0.1, -0.05) is 30.3 Å². The Morgan fingerprint density at radius 2 is 1.57 bits per heavy atom. The third-order valence-electron chi connectivity index (χ3n) is 2.81. The van der Waals surface area contributed by atoms with E-state index in [1.807, 2.05) is 0 Å². The van der Waals surface area contributed by atoms with E-state index in [1.165, 1.54) is 12.1 Å². The van der Waals surface area contributed by atoms with Crippen LogP contribution < -0.4 is 10.9 Å². The topological polar surface area (TPSA) is 105 Å². The second-order valence-electron chi connectivity index (χ2n) is 4.46. The van der Waals surface area contributed by atoms with Gasteiger partial charge in [0.2, 0.25) is 0 Å². The van der Waals surface area contributed by atoms with E-state index in [0.717, 1.165) is 0 Å². The average Bonchev–Trinajstić information content (AvgIpc) is 2.58. The Balaban J connectivity index is 1.78. The van der Waals surface area contributed by atoms with Gasteiger partial charge in [0.15, 0.2) is 6.61 Å². The van der Waals surface area contributed by atoms with E-state index < -0.39 is 24.4 Å². The number of benzene rings is 2. The van der Waals surface area contributed by atoms with Crippen molar-refractivity contribution in [2.24, 2.45) is 0 Å². The Hall–Kier alpha value is -3.35. The first kappa shape index (κ1) is 16.0. The molecule has 0 fully saturated rings. The minimum atomic E-state index is -0.840. The van der Waals surface area contributed by atoms with Crippen molar-refractivity contribution in [3.8, 4) is 5.75 Å². The third-order valence-corrected chi connectivity index (χ3v) is 2.81. The van der Waals surface area contributed by atoms with E-state index >= 15 is 0 Å². The first-order valence-electron chi connectivity index (χ1n) is 6.67. The number of esters is 1. The number of ether oxygens (including phenoxy) is 1. The molecule has 0 bridgehead atoms. The number of amides is 2. The SMILES string of the molecule is O=C(COC(=O)c1ccccc1O)NNC(=O)c1ccccc1. The van der Waals surface area contributed by atoms with Crippen LogP contribution in [-0.2, 0) is 9.53 Å². The number of carbonyl (C=O) groups is 3. The minimum Gasteiger partial charge on any atom is -0.507 e. The van der Waals surface area contributed by atoms with Crippen LogP contribution in [0.3, 0.4) is 0 Å². The Bertz CT molecular complexity index is 715. The van der Waals surface area contributed by atoms with Crippen molar-refractivity contribution in [3.63, 3.8) is 0 Å². The highest BCUT2D eigenvalue weighted by Crippen LogP contribution is 2.16. The van der Waals surface area contributed by atoms with E-state index in [9.17, 15) is 19.5 Å². The normalized spacial score (nSPS) is 9.74. The molecule has 0 aliphatic rings. The predicted molar refractivity (Wildman–Crippen MR) is 80.4 cm³/mol. The van der Waals surface area contributed by atoms with Crippen LogP contribution in [0.4, 0.5) is 0 Å². The Morgan fingerprint density at radius 3 is 2.26 bits per heavy atom. The van der Waals surface area contributed by atoms with E-state index in [0.29, 0.717) is 5.56 Å². The smallest absolute Gasteiger partial charge is 0.342 e. The molecular formula is C16H14N2O5. The molecule has 2 aromatic carbocycles. The molecule has 7 heteroatoms. The van der Waals surface area contributed by atoms with Crippen molar-refractivity contribution in [1.29, 1.82) is 0 Å². The standard InChI is InChI=1S/C16H14N2O5/c19-13-9-5-4-8-12(13)16(22)23-10-14(20)17-18-15(21)11-6-2-1-3-7-11/h1-9,19H,10H2,(H,17,20)(H,18,21). The van der Waals surface area contributed by atoms with Crippen LogP contribution in [0, 0.1) is 0 Å². The molecule has 2 rings (SSSR count). The maximum atomic E-state index is 11.7. The van der Waals surface area contributed by atoms with Crippen LogP contribution >= 0.6 is 0 Å². The highest BCUT2D eigenvalue weighted by molar-refractivity contribution is 5.96. The third kappa shape index (κ3) is 4.57. The van der Waals surface area contributed by atoms with Crippen LogP contribution in [0.2, 0.25) is 0 Å². The molecule has 0 aromatic heterocycles. The van der Waals surface area contributed by atoms with Crippen molar-refractivity contribution in [1.82, 2.24) is 10.9 Å². The second kappa shape index (κ2) is 7.60. The van der Waals surface area contributed by atoms with Gasteiger partial charge in [0.25, 0.3) is 11.8 Å². The molecule has 0 heterocycles. The zero-order valence-corrected chi connectivity index (χ0v) is 12.0. The molecule has 0 radical (unpaired) electrons. The minimum absolute atomic E-state index is 0.0476. The quantitative estimate of drug-likeness (QED) is 0.577. The molecule has 0 aliphatic heterocycles. The van der Waals surface area contributed by atoms with Gasteiger partial charge in [-0.25, -0.2) is 4.79 Å². The zero-order chi connectivity index (χ0) is 16.7. The van der Waals surface area contributed by atoms with Crippen LogP contribution in [-0.4, -0.2) is 29.5 Å². The molecule has 2 amide bonds. The number of hydrogen-bond donors (Lipinski definition) is 3. The van der Waals surface area contributed by atoms with Gasteiger partial charge in [0.05, 0.1) is 0 Å². The molecular weight excluding hydrogens is 300 g/mol. The summed E-state index contributed by atoms with van der Waals surface area (Å²) in [6.45, 7) is -0.595. The first-order valence-corrected chi connectivity index (χ1v) is 6.67. The molecule has 0 saturated heterocycles. The fourth-order valence-corrected chi connectivity index (χ4v) is 1.68. The summed E-state index contributed by atoms with van der Waals surface area (Å²) in [4.78, 5) is 34.9. The average molecular weight is 314 g/mol. The molecule has 23 heavy (non-hydrogen) atoms. The number of rotatable bonds is 4. The summed E-state index contributed by atoms with van der Waals surface area (Å²) in [6, 6.07) is 14.1. The van der Waals surface area contributed by atoms with Crippen LogP contribution in [0.1, 0.15) is 20.7 Å². The van der Waals surface area contributed by atoms with Gasteiger partial charge in [0, 0.05) is 5.56 Å². The fraction of sp³-hybridized carbons (Fsp3) is 0.0625. The highest BCUT2D eigenvalue weighted by atomic mass is 16.5. The van der Waals surface area contributed by atoms with Crippen molar-refractivity contribution in [2.45, 2.75) is 0 Å². The molecule has 0 spiro atoms. The number of hydrogen-bond acceptors (Lipinski definition) is 5. The van der Waals surface area contributed by atoms with Crippen molar-refractivity contribution in [3.05, 3.63) is 65.7 Å². The maximum Gasteiger partial charge on any atom is 0.342 e. The molecule has 2 aromatic rings. The van der Waals surface area contributed by atoms with Gasteiger partial charge in [-0.05, 0) is 24.3 Å². The molecule has 7 nitrogen and oxygen atoms in total. The summed E-state index contributed by atoms with van der Waals surface area (Å²) in [6.07, 6.45) is 0. The van der Waals surface area contributed by atoms with Gasteiger partial charge < -0.3 is 9.84 Å². The molecule has 0 unspecified atom stereocenters. The van der Waals surface area contributed by atoms with Crippen LogP contribution in [0.25, 0.3) is 0 Å². The Labute approximate surface area is 131 Å². The van der Waals surface area contributed by atoms with Crippen molar-refractivity contribution >= 4 is 17.8 Å². The largest absolute Gasteiger partial charge is 0.507 e. The van der Waals surface area contributed by atoms with E-state index in [-0.39, 0.29) is 11.3 Å². The molecule has 0 saturated carbocycles. The lowest BCUT2D eigenvalue weighted by atomic mass is 10.2. The van der Waals surface area contributed by atoms with Gasteiger partial charge in [0.1, 0.15) is 11.3 Å². The summed E-state index contributed by atoms with van der Waals surface area (Å²) in [5.41, 5.74) is 4.65. The number of nitrogens with one attached hydrogen (secondary N) is 2. The predicted octanol–water partition coefficient (Wildman–Crippen LogP) is 1.01.